The van der Waals surface area contributed by atoms with Crippen molar-refractivity contribution in [1.29, 1.82) is 0 Å². The van der Waals surface area contributed by atoms with Crippen LogP contribution in [0.4, 0.5) is 0 Å². The van der Waals surface area contributed by atoms with Gasteiger partial charge in [0.1, 0.15) is 6.33 Å². The van der Waals surface area contributed by atoms with Crippen LogP contribution in [0.3, 0.4) is 0 Å². The van der Waals surface area contributed by atoms with Crippen molar-refractivity contribution in [3.05, 3.63) is 48.0 Å². The average molecular weight is 272 g/mol. The number of aliphatic imine (C=N–C) groups is 1. The van der Waals surface area contributed by atoms with E-state index in [1.165, 1.54) is 5.56 Å². The highest BCUT2D eigenvalue weighted by molar-refractivity contribution is 5.79. The second kappa shape index (κ2) is 7.28. The molecule has 6 nitrogen and oxygen atoms in total. The van der Waals surface area contributed by atoms with Crippen LogP contribution in [-0.2, 0) is 19.6 Å². The van der Waals surface area contributed by atoms with Gasteiger partial charge in [0.25, 0.3) is 0 Å². The lowest BCUT2D eigenvalue weighted by atomic mass is 10.2. The molecule has 2 aromatic rings. The first kappa shape index (κ1) is 14.0. The first-order chi connectivity index (χ1) is 9.83. The van der Waals surface area contributed by atoms with E-state index in [4.69, 9.17) is 0 Å². The fourth-order valence-electron chi connectivity index (χ4n) is 1.84. The molecular weight excluding hydrogens is 252 g/mol. The molecule has 0 spiro atoms. The van der Waals surface area contributed by atoms with Gasteiger partial charge in [0.2, 0.25) is 0 Å². The van der Waals surface area contributed by atoms with Gasteiger partial charge in [-0.3, -0.25) is 4.99 Å². The summed E-state index contributed by atoms with van der Waals surface area (Å²) in [7, 11) is 1.75. The Kier molecular flexibility index (Phi) is 5.11. The number of benzene rings is 1. The zero-order chi connectivity index (χ0) is 14.2. The predicted molar refractivity (Wildman–Crippen MR) is 79.2 cm³/mol. The Labute approximate surface area is 119 Å². The second-order valence-corrected chi connectivity index (χ2v) is 4.30. The van der Waals surface area contributed by atoms with Crippen LogP contribution in [0.15, 0.2) is 41.7 Å². The highest BCUT2D eigenvalue weighted by Crippen LogP contribution is 1.97. The van der Waals surface area contributed by atoms with Crippen molar-refractivity contribution < 1.29 is 0 Å². The largest absolute Gasteiger partial charge is 0.352 e. The second-order valence-electron chi connectivity index (χ2n) is 4.30. The van der Waals surface area contributed by atoms with Crippen molar-refractivity contribution in [3.63, 3.8) is 0 Å². The van der Waals surface area contributed by atoms with E-state index < -0.39 is 0 Å². The van der Waals surface area contributed by atoms with E-state index in [-0.39, 0.29) is 0 Å². The van der Waals surface area contributed by atoms with Crippen molar-refractivity contribution in [2.75, 3.05) is 7.05 Å². The Balaban J connectivity index is 1.84. The summed E-state index contributed by atoms with van der Waals surface area (Å²) in [5.74, 6) is 1.65. The van der Waals surface area contributed by atoms with Crippen LogP contribution in [-0.4, -0.2) is 27.8 Å². The van der Waals surface area contributed by atoms with Gasteiger partial charge in [-0.1, -0.05) is 30.3 Å². The molecule has 2 N–H and O–H groups in total. The maximum absolute atomic E-state index is 4.20. The molecule has 106 valence electrons. The molecule has 2 rings (SSSR count). The standard InChI is InChI=1S/C14H20N6/c1-3-20-11-18-19-13(20)10-17-14(15-2)16-9-12-7-5-4-6-8-12/h4-8,11H,3,9-10H2,1-2H3,(H2,15,16,17). The van der Waals surface area contributed by atoms with Crippen molar-refractivity contribution in [3.8, 4) is 0 Å². The normalized spacial score (nSPS) is 11.4. The summed E-state index contributed by atoms with van der Waals surface area (Å²) in [5.41, 5.74) is 1.21. The number of hydrogen-bond donors (Lipinski definition) is 2. The molecule has 0 amide bonds. The SMILES string of the molecule is CCn1cnnc1CNC(=NC)NCc1ccccc1. The summed E-state index contributed by atoms with van der Waals surface area (Å²) in [4.78, 5) is 4.20. The van der Waals surface area contributed by atoms with Gasteiger partial charge in [0.05, 0.1) is 6.54 Å². The molecule has 0 radical (unpaired) electrons. The zero-order valence-corrected chi connectivity index (χ0v) is 11.9. The number of hydrogen-bond acceptors (Lipinski definition) is 3. The van der Waals surface area contributed by atoms with Crippen LogP contribution in [0.5, 0.6) is 0 Å². The Morgan fingerprint density at radius 2 is 1.95 bits per heavy atom. The van der Waals surface area contributed by atoms with E-state index in [9.17, 15) is 0 Å². The van der Waals surface area contributed by atoms with Gasteiger partial charge in [0.15, 0.2) is 11.8 Å². The molecule has 0 unspecified atom stereocenters. The smallest absolute Gasteiger partial charge is 0.191 e. The third kappa shape index (κ3) is 3.81. The zero-order valence-electron chi connectivity index (χ0n) is 11.9. The lowest BCUT2D eigenvalue weighted by Gasteiger charge is -2.11. The molecule has 1 heterocycles. The summed E-state index contributed by atoms with van der Waals surface area (Å²) in [5, 5.41) is 14.5. The molecule has 0 atom stereocenters. The number of nitrogens with zero attached hydrogens (tertiary/aromatic N) is 4. The fraction of sp³-hybridized carbons (Fsp3) is 0.357. The van der Waals surface area contributed by atoms with E-state index in [0.29, 0.717) is 6.54 Å². The molecule has 0 aliphatic rings. The van der Waals surface area contributed by atoms with Gasteiger partial charge >= 0.3 is 0 Å². The van der Waals surface area contributed by atoms with Gasteiger partial charge in [-0.05, 0) is 12.5 Å². The summed E-state index contributed by atoms with van der Waals surface area (Å²) < 4.78 is 2.00. The number of aromatic nitrogens is 3. The molecule has 0 fully saturated rings. The Morgan fingerprint density at radius 3 is 2.65 bits per heavy atom. The highest BCUT2D eigenvalue weighted by atomic mass is 15.3. The minimum absolute atomic E-state index is 0.600. The summed E-state index contributed by atoms with van der Waals surface area (Å²) in [6.07, 6.45) is 1.73. The molecule has 1 aromatic carbocycles. The fourth-order valence-corrected chi connectivity index (χ4v) is 1.84. The van der Waals surface area contributed by atoms with E-state index in [2.05, 4.69) is 44.9 Å². The topological polar surface area (TPSA) is 67.1 Å². The van der Waals surface area contributed by atoms with Crippen molar-refractivity contribution in [1.82, 2.24) is 25.4 Å². The third-order valence-electron chi connectivity index (χ3n) is 2.98. The molecule has 1 aromatic heterocycles. The van der Waals surface area contributed by atoms with Crippen molar-refractivity contribution in [2.24, 2.45) is 4.99 Å². The average Bonchev–Trinajstić information content (AvgIpc) is 2.96. The van der Waals surface area contributed by atoms with E-state index in [0.717, 1.165) is 24.9 Å². The van der Waals surface area contributed by atoms with Crippen LogP contribution in [0, 0.1) is 0 Å². The van der Waals surface area contributed by atoms with Crippen LogP contribution >= 0.6 is 0 Å². The van der Waals surface area contributed by atoms with Crippen molar-refractivity contribution in [2.45, 2.75) is 26.6 Å². The lowest BCUT2D eigenvalue weighted by Crippen LogP contribution is -2.36. The number of nitrogens with one attached hydrogen (secondary N) is 2. The van der Waals surface area contributed by atoms with E-state index in [1.54, 1.807) is 13.4 Å². The van der Waals surface area contributed by atoms with Crippen molar-refractivity contribution >= 4 is 5.96 Å². The van der Waals surface area contributed by atoms with E-state index >= 15 is 0 Å². The highest BCUT2D eigenvalue weighted by Gasteiger charge is 2.04. The summed E-state index contributed by atoms with van der Waals surface area (Å²) in [6, 6.07) is 10.2. The van der Waals surface area contributed by atoms with Crippen LogP contribution in [0.25, 0.3) is 0 Å². The molecule has 0 aliphatic heterocycles. The van der Waals surface area contributed by atoms with Gasteiger partial charge in [-0.15, -0.1) is 10.2 Å². The predicted octanol–water partition coefficient (Wildman–Crippen LogP) is 1.16. The molecular formula is C14H20N6. The van der Waals surface area contributed by atoms with Gasteiger partial charge in [0, 0.05) is 20.1 Å². The first-order valence-corrected chi connectivity index (χ1v) is 6.68. The van der Waals surface area contributed by atoms with Crippen LogP contribution in [0.1, 0.15) is 18.3 Å². The Morgan fingerprint density at radius 1 is 1.20 bits per heavy atom. The summed E-state index contributed by atoms with van der Waals surface area (Å²) >= 11 is 0. The molecule has 6 heteroatoms. The van der Waals surface area contributed by atoms with Gasteiger partial charge < -0.3 is 15.2 Å². The number of aryl methyl sites for hydroxylation is 1. The molecule has 0 saturated heterocycles. The first-order valence-electron chi connectivity index (χ1n) is 6.68. The third-order valence-corrected chi connectivity index (χ3v) is 2.98. The molecule has 0 bridgehead atoms. The Bertz CT molecular complexity index is 546. The minimum atomic E-state index is 0.600. The quantitative estimate of drug-likeness (QED) is 0.633. The molecule has 0 aliphatic carbocycles. The van der Waals surface area contributed by atoms with Crippen LogP contribution in [0.2, 0.25) is 0 Å². The maximum atomic E-state index is 4.20. The maximum Gasteiger partial charge on any atom is 0.191 e. The minimum Gasteiger partial charge on any atom is -0.352 e. The van der Waals surface area contributed by atoms with Gasteiger partial charge in [-0.25, -0.2) is 0 Å². The Hall–Kier alpha value is -2.37. The van der Waals surface area contributed by atoms with E-state index in [1.807, 2.05) is 22.8 Å². The van der Waals surface area contributed by atoms with Crippen LogP contribution < -0.4 is 10.6 Å². The molecule has 0 saturated carbocycles. The number of rotatable bonds is 5. The van der Waals surface area contributed by atoms with Gasteiger partial charge in [-0.2, -0.15) is 0 Å². The number of guanidine groups is 1. The lowest BCUT2D eigenvalue weighted by molar-refractivity contribution is 0.670. The molecule has 20 heavy (non-hydrogen) atoms. The summed E-state index contributed by atoms with van der Waals surface area (Å²) in [6.45, 7) is 4.26. The monoisotopic (exact) mass is 272 g/mol.